The minimum Gasteiger partial charge on any atom is -0.388 e. The van der Waals surface area contributed by atoms with Crippen molar-refractivity contribution in [1.29, 1.82) is 0 Å². The van der Waals surface area contributed by atoms with Crippen molar-refractivity contribution in [3.05, 3.63) is 29.8 Å². The van der Waals surface area contributed by atoms with Crippen molar-refractivity contribution in [2.45, 2.75) is 44.4 Å². The van der Waals surface area contributed by atoms with E-state index in [1.807, 2.05) is 0 Å². The van der Waals surface area contributed by atoms with Crippen LogP contribution in [0.4, 0.5) is 18.9 Å². The molecule has 0 amide bonds. The molecule has 0 saturated heterocycles. The number of alkyl halides is 3. The number of aliphatic hydroxyl groups is 1. The highest BCUT2D eigenvalue weighted by atomic mass is 19.4. The molecular formula is C15H20F3NO. The quantitative estimate of drug-likeness (QED) is 0.878. The van der Waals surface area contributed by atoms with Crippen LogP contribution in [0.3, 0.4) is 0 Å². The monoisotopic (exact) mass is 287 g/mol. The largest absolute Gasteiger partial charge is 0.416 e. The Morgan fingerprint density at radius 2 is 1.95 bits per heavy atom. The van der Waals surface area contributed by atoms with Gasteiger partial charge < -0.3 is 10.4 Å². The Labute approximate surface area is 117 Å². The molecule has 5 heteroatoms. The fourth-order valence-electron chi connectivity index (χ4n) is 2.84. The molecule has 2 nitrogen and oxygen atoms in total. The number of anilines is 1. The molecule has 0 aromatic heterocycles. The molecule has 1 aromatic rings. The van der Waals surface area contributed by atoms with Crippen LogP contribution in [0.1, 0.15) is 38.2 Å². The van der Waals surface area contributed by atoms with E-state index in [1.54, 1.807) is 0 Å². The summed E-state index contributed by atoms with van der Waals surface area (Å²) >= 11 is 0. The molecule has 0 bridgehead atoms. The summed E-state index contributed by atoms with van der Waals surface area (Å²) in [6, 6.07) is 4.91. The van der Waals surface area contributed by atoms with Crippen LogP contribution in [0.2, 0.25) is 0 Å². The van der Waals surface area contributed by atoms with Gasteiger partial charge in [-0.25, -0.2) is 0 Å². The number of hydrogen-bond acceptors (Lipinski definition) is 2. The van der Waals surface area contributed by atoms with E-state index in [1.165, 1.54) is 12.1 Å². The second kappa shape index (κ2) is 5.64. The van der Waals surface area contributed by atoms with Gasteiger partial charge in [0.15, 0.2) is 0 Å². The van der Waals surface area contributed by atoms with Crippen molar-refractivity contribution in [2.24, 2.45) is 5.92 Å². The smallest absolute Gasteiger partial charge is 0.388 e. The summed E-state index contributed by atoms with van der Waals surface area (Å²) in [5.74, 6) is 0.489. The van der Waals surface area contributed by atoms with E-state index < -0.39 is 17.3 Å². The number of halogens is 3. The molecule has 2 atom stereocenters. The van der Waals surface area contributed by atoms with Gasteiger partial charge in [0.25, 0.3) is 0 Å². The fraction of sp³-hybridized carbons (Fsp3) is 0.600. The predicted molar refractivity (Wildman–Crippen MR) is 72.5 cm³/mol. The van der Waals surface area contributed by atoms with Crippen LogP contribution in [-0.2, 0) is 6.18 Å². The summed E-state index contributed by atoms with van der Waals surface area (Å²) < 4.78 is 37.3. The van der Waals surface area contributed by atoms with Gasteiger partial charge in [-0.15, -0.1) is 0 Å². The molecule has 112 valence electrons. The minimum atomic E-state index is -4.31. The predicted octanol–water partition coefficient (Wildman–Crippen LogP) is 4.06. The van der Waals surface area contributed by atoms with Crippen molar-refractivity contribution in [2.75, 3.05) is 11.9 Å². The van der Waals surface area contributed by atoms with Crippen molar-refractivity contribution < 1.29 is 18.3 Å². The van der Waals surface area contributed by atoms with Gasteiger partial charge in [-0.2, -0.15) is 13.2 Å². The van der Waals surface area contributed by atoms with Crippen molar-refractivity contribution in [3.63, 3.8) is 0 Å². The lowest BCUT2D eigenvalue weighted by Crippen LogP contribution is -2.41. The number of hydrogen-bond donors (Lipinski definition) is 2. The van der Waals surface area contributed by atoms with Crippen LogP contribution >= 0.6 is 0 Å². The highest BCUT2D eigenvalue weighted by Gasteiger charge is 2.32. The van der Waals surface area contributed by atoms with Gasteiger partial charge in [0, 0.05) is 12.2 Å². The molecule has 1 saturated carbocycles. The first-order chi connectivity index (χ1) is 9.28. The van der Waals surface area contributed by atoms with Gasteiger partial charge in [0.05, 0.1) is 11.2 Å². The van der Waals surface area contributed by atoms with Crippen LogP contribution in [0.25, 0.3) is 0 Å². The zero-order valence-corrected chi connectivity index (χ0v) is 11.5. The van der Waals surface area contributed by atoms with Crippen LogP contribution in [-0.4, -0.2) is 17.3 Å². The third kappa shape index (κ3) is 3.88. The molecule has 1 aliphatic carbocycles. The lowest BCUT2D eigenvalue weighted by atomic mass is 9.79. The Balaban J connectivity index is 1.94. The molecule has 0 spiro atoms. The molecular weight excluding hydrogens is 267 g/mol. The van der Waals surface area contributed by atoms with Crippen LogP contribution < -0.4 is 5.32 Å². The van der Waals surface area contributed by atoms with E-state index in [0.29, 0.717) is 18.2 Å². The van der Waals surface area contributed by atoms with Gasteiger partial charge in [-0.3, -0.25) is 0 Å². The summed E-state index contributed by atoms with van der Waals surface area (Å²) in [5.41, 5.74) is -0.807. The summed E-state index contributed by atoms with van der Waals surface area (Å²) in [7, 11) is 0. The zero-order valence-electron chi connectivity index (χ0n) is 11.5. The summed E-state index contributed by atoms with van der Waals surface area (Å²) in [5, 5.41) is 13.5. The SMILES string of the molecule is CC1CCCC(O)(CNc2ccc(C(F)(F)F)cc2)C1. The van der Waals surface area contributed by atoms with Crippen LogP contribution in [0.5, 0.6) is 0 Å². The van der Waals surface area contributed by atoms with Crippen LogP contribution in [0.15, 0.2) is 24.3 Å². The number of nitrogens with one attached hydrogen (secondary N) is 1. The maximum Gasteiger partial charge on any atom is 0.416 e. The average molecular weight is 287 g/mol. The van der Waals surface area contributed by atoms with Gasteiger partial charge in [0.1, 0.15) is 0 Å². The molecule has 2 unspecified atom stereocenters. The molecule has 0 aliphatic heterocycles. The lowest BCUT2D eigenvalue weighted by molar-refractivity contribution is -0.137. The third-order valence-electron chi connectivity index (χ3n) is 3.90. The van der Waals surface area contributed by atoms with Gasteiger partial charge >= 0.3 is 6.18 Å². The Morgan fingerprint density at radius 3 is 2.50 bits per heavy atom. The van der Waals surface area contributed by atoms with Crippen molar-refractivity contribution >= 4 is 5.69 Å². The highest BCUT2D eigenvalue weighted by Crippen LogP contribution is 2.33. The first kappa shape index (κ1) is 15.2. The van der Waals surface area contributed by atoms with Crippen molar-refractivity contribution in [3.8, 4) is 0 Å². The van der Waals surface area contributed by atoms with Gasteiger partial charge in [-0.05, 0) is 43.0 Å². The molecule has 0 radical (unpaired) electrons. The first-order valence-electron chi connectivity index (χ1n) is 6.92. The average Bonchev–Trinajstić information content (AvgIpc) is 2.36. The Hall–Kier alpha value is -1.23. The summed E-state index contributed by atoms with van der Waals surface area (Å²) in [6.45, 7) is 2.49. The Bertz CT molecular complexity index is 443. The normalized spacial score (nSPS) is 27.4. The molecule has 1 aliphatic rings. The number of rotatable bonds is 3. The standard InChI is InChI=1S/C15H20F3NO/c1-11-3-2-8-14(20,9-11)10-19-13-6-4-12(5-7-13)15(16,17)18/h4-7,11,19-20H,2-3,8-10H2,1H3. The maximum atomic E-state index is 12.4. The molecule has 2 N–H and O–H groups in total. The minimum absolute atomic E-state index is 0.378. The maximum absolute atomic E-state index is 12.4. The molecule has 1 fully saturated rings. The number of benzene rings is 1. The van der Waals surface area contributed by atoms with E-state index in [9.17, 15) is 18.3 Å². The molecule has 1 aromatic carbocycles. The fourth-order valence-corrected chi connectivity index (χ4v) is 2.84. The van der Waals surface area contributed by atoms with E-state index in [-0.39, 0.29) is 0 Å². The van der Waals surface area contributed by atoms with E-state index in [2.05, 4.69) is 12.2 Å². The zero-order chi connectivity index (χ0) is 14.8. The van der Waals surface area contributed by atoms with Gasteiger partial charge in [0.2, 0.25) is 0 Å². The first-order valence-corrected chi connectivity index (χ1v) is 6.92. The topological polar surface area (TPSA) is 32.3 Å². The molecule has 0 heterocycles. The van der Waals surface area contributed by atoms with E-state index in [0.717, 1.165) is 37.8 Å². The summed E-state index contributed by atoms with van der Waals surface area (Å²) in [6.07, 6.45) is -0.712. The van der Waals surface area contributed by atoms with Crippen LogP contribution in [0, 0.1) is 5.92 Å². The Morgan fingerprint density at radius 1 is 1.30 bits per heavy atom. The Kier molecular flexibility index (Phi) is 4.28. The second-order valence-corrected chi connectivity index (χ2v) is 5.85. The van der Waals surface area contributed by atoms with E-state index in [4.69, 9.17) is 0 Å². The van der Waals surface area contributed by atoms with Gasteiger partial charge in [-0.1, -0.05) is 19.8 Å². The third-order valence-corrected chi connectivity index (χ3v) is 3.90. The highest BCUT2D eigenvalue weighted by molar-refractivity contribution is 5.45. The lowest BCUT2D eigenvalue weighted by Gasteiger charge is -2.35. The molecule has 2 rings (SSSR count). The van der Waals surface area contributed by atoms with E-state index >= 15 is 0 Å². The second-order valence-electron chi connectivity index (χ2n) is 5.85. The summed E-state index contributed by atoms with van der Waals surface area (Å²) in [4.78, 5) is 0. The van der Waals surface area contributed by atoms with Crippen molar-refractivity contribution in [1.82, 2.24) is 0 Å². The molecule has 20 heavy (non-hydrogen) atoms.